The predicted octanol–water partition coefficient (Wildman–Crippen LogP) is -0.231. The average molecular weight is 171 g/mol. The van der Waals surface area contributed by atoms with Crippen LogP contribution in [0, 0.1) is 0 Å². The smallest absolute Gasteiger partial charge is 0.323 e. The number of nitrogens with two attached hydrogens (primary N) is 1. The molecule has 0 heterocycles. The molecule has 9 heavy (non-hydrogen) atoms. The fourth-order valence-electron chi connectivity index (χ4n) is 0.300. The Kier molecular flexibility index (Phi) is 3.77. The Morgan fingerprint density at radius 1 is 1.67 bits per heavy atom. The zero-order chi connectivity index (χ0) is 7.49. The van der Waals surface area contributed by atoms with Crippen molar-refractivity contribution in [1.82, 2.24) is 0 Å². The lowest BCUT2D eigenvalue weighted by atomic mass is 10.5. The molecular formula is C3H10NO3PS. The summed E-state index contributed by atoms with van der Waals surface area (Å²) >= 11 is 3.77. The van der Waals surface area contributed by atoms with E-state index >= 15 is 0 Å². The summed E-state index contributed by atoms with van der Waals surface area (Å²) in [6.07, 6.45) is 0.243. The maximum absolute atomic E-state index is 10.3. The first-order valence-electron chi connectivity index (χ1n) is 2.40. The standard InChI is InChI=1S/C3H10NO3PS/c4-3(1-2-9)8(5,6)7/h3,9H,1-2,4H2,(H2,5,6,7). The molecule has 0 amide bonds. The van der Waals surface area contributed by atoms with Crippen molar-refractivity contribution in [3.63, 3.8) is 0 Å². The third-order valence-electron chi connectivity index (χ3n) is 0.857. The van der Waals surface area contributed by atoms with E-state index < -0.39 is 13.4 Å². The van der Waals surface area contributed by atoms with Crippen LogP contribution in [0.15, 0.2) is 0 Å². The first-order chi connectivity index (χ1) is 3.98. The third kappa shape index (κ3) is 3.95. The van der Waals surface area contributed by atoms with E-state index in [4.69, 9.17) is 15.5 Å². The maximum atomic E-state index is 10.3. The first-order valence-corrected chi connectivity index (χ1v) is 4.71. The van der Waals surface area contributed by atoms with E-state index in [9.17, 15) is 4.57 Å². The molecule has 1 unspecified atom stereocenters. The second kappa shape index (κ2) is 3.58. The summed E-state index contributed by atoms with van der Waals surface area (Å²) < 4.78 is 10.3. The number of thiol groups is 1. The fraction of sp³-hybridized carbons (Fsp3) is 1.00. The Balaban J connectivity index is 3.74. The molecule has 0 saturated heterocycles. The van der Waals surface area contributed by atoms with E-state index in [1.54, 1.807) is 0 Å². The van der Waals surface area contributed by atoms with Gasteiger partial charge in [-0.25, -0.2) is 0 Å². The van der Waals surface area contributed by atoms with Crippen LogP contribution in [0.3, 0.4) is 0 Å². The summed E-state index contributed by atoms with van der Waals surface area (Å²) in [5.41, 5.74) is 5.05. The highest BCUT2D eigenvalue weighted by molar-refractivity contribution is 7.80. The van der Waals surface area contributed by atoms with E-state index in [0.717, 1.165) is 0 Å². The van der Waals surface area contributed by atoms with Gasteiger partial charge in [-0.15, -0.1) is 0 Å². The lowest BCUT2D eigenvalue weighted by molar-refractivity contribution is 0.357. The number of rotatable bonds is 3. The molecule has 0 saturated carbocycles. The van der Waals surface area contributed by atoms with E-state index in [0.29, 0.717) is 5.75 Å². The highest BCUT2D eigenvalue weighted by Gasteiger charge is 2.22. The Hall–Kier alpha value is 0.460. The van der Waals surface area contributed by atoms with Gasteiger partial charge in [-0.3, -0.25) is 4.57 Å². The van der Waals surface area contributed by atoms with E-state index in [2.05, 4.69) is 12.6 Å². The molecule has 0 spiro atoms. The van der Waals surface area contributed by atoms with Crippen LogP contribution >= 0.6 is 20.2 Å². The van der Waals surface area contributed by atoms with Crippen molar-refractivity contribution < 1.29 is 14.4 Å². The highest BCUT2D eigenvalue weighted by Crippen LogP contribution is 2.39. The van der Waals surface area contributed by atoms with E-state index in [1.165, 1.54) is 0 Å². The van der Waals surface area contributed by atoms with Crippen LogP contribution < -0.4 is 5.73 Å². The van der Waals surface area contributed by atoms with Crippen LogP contribution in [0.5, 0.6) is 0 Å². The highest BCUT2D eigenvalue weighted by atomic mass is 32.1. The molecule has 6 heteroatoms. The van der Waals surface area contributed by atoms with Gasteiger partial charge >= 0.3 is 7.60 Å². The van der Waals surface area contributed by atoms with Gasteiger partial charge in [0.25, 0.3) is 0 Å². The largest absolute Gasteiger partial charge is 0.342 e. The molecular weight excluding hydrogens is 161 g/mol. The lowest BCUT2D eigenvalue weighted by Gasteiger charge is -2.10. The molecule has 0 radical (unpaired) electrons. The van der Waals surface area contributed by atoms with Crippen molar-refractivity contribution in [2.45, 2.75) is 12.2 Å². The monoisotopic (exact) mass is 171 g/mol. The minimum atomic E-state index is -4.04. The summed E-state index contributed by atoms with van der Waals surface area (Å²) in [7, 11) is -4.04. The van der Waals surface area contributed by atoms with Gasteiger partial charge < -0.3 is 15.5 Å². The van der Waals surface area contributed by atoms with Gasteiger partial charge in [0.2, 0.25) is 0 Å². The van der Waals surface area contributed by atoms with Crippen LogP contribution in [0.1, 0.15) is 6.42 Å². The van der Waals surface area contributed by atoms with Crippen molar-refractivity contribution in [2.24, 2.45) is 5.73 Å². The first kappa shape index (κ1) is 9.46. The van der Waals surface area contributed by atoms with E-state index in [-0.39, 0.29) is 6.42 Å². The average Bonchev–Trinajstić information content (AvgIpc) is 1.64. The third-order valence-corrected chi connectivity index (χ3v) is 2.24. The van der Waals surface area contributed by atoms with Gasteiger partial charge in [-0.1, -0.05) is 0 Å². The number of hydrogen-bond donors (Lipinski definition) is 4. The molecule has 0 bridgehead atoms. The summed E-state index contributed by atoms with van der Waals surface area (Å²) in [6, 6.07) is 0. The molecule has 0 rings (SSSR count). The zero-order valence-corrected chi connectivity index (χ0v) is 6.55. The van der Waals surface area contributed by atoms with Crippen LogP contribution in [-0.4, -0.2) is 21.3 Å². The molecule has 4 N–H and O–H groups in total. The van der Waals surface area contributed by atoms with Crippen LogP contribution in [0.2, 0.25) is 0 Å². The van der Waals surface area contributed by atoms with Crippen molar-refractivity contribution >= 4 is 20.2 Å². The topological polar surface area (TPSA) is 83.6 Å². The van der Waals surface area contributed by atoms with Crippen LogP contribution in [0.25, 0.3) is 0 Å². The van der Waals surface area contributed by atoms with Crippen LogP contribution in [-0.2, 0) is 4.57 Å². The Morgan fingerprint density at radius 2 is 2.11 bits per heavy atom. The molecule has 0 aromatic rings. The fourth-order valence-corrected chi connectivity index (χ4v) is 1.25. The van der Waals surface area contributed by atoms with Gasteiger partial charge in [0, 0.05) is 0 Å². The van der Waals surface area contributed by atoms with E-state index in [1.807, 2.05) is 0 Å². The maximum Gasteiger partial charge on any atom is 0.342 e. The molecule has 0 fully saturated rings. The summed E-state index contributed by atoms with van der Waals surface area (Å²) in [4.78, 5) is 16.7. The SMILES string of the molecule is NC(CCS)P(=O)(O)O. The molecule has 0 aromatic heterocycles. The molecule has 4 nitrogen and oxygen atoms in total. The predicted molar refractivity (Wildman–Crippen MR) is 38.5 cm³/mol. The molecule has 0 aliphatic heterocycles. The van der Waals surface area contributed by atoms with Gasteiger partial charge in [-0.2, -0.15) is 12.6 Å². The lowest BCUT2D eigenvalue weighted by Crippen LogP contribution is -2.20. The molecule has 0 aliphatic rings. The minimum absolute atomic E-state index is 0.243. The normalized spacial score (nSPS) is 15.6. The molecule has 0 aromatic carbocycles. The van der Waals surface area contributed by atoms with Gasteiger partial charge in [0.15, 0.2) is 0 Å². The summed E-state index contributed by atoms with van der Waals surface area (Å²) in [5.74, 6) is -0.651. The summed E-state index contributed by atoms with van der Waals surface area (Å²) in [5, 5.41) is 0. The van der Waals surface area contributed by atoms with Crippen molar-refractivity contribution in [1.29, 1.82) is 0 Å². The second-order valence-corrected chi connectivity index (χ2v) is 3.96. The molecule has 1 atom stereocenters. The Labute approximate surface area is 59.0 Å². The minimum Gasteiger partial charge on any atom is -0.323 e. The molecule has 0 aliphatic carbocycles. The van der Waals surface area contributed by atoms with Gasteiger partial charge in [0.1, 0.15) is 5.78 Å². The van der Waals surface area contributed by atoms with Crippen molar-refractivity contribution in [3.05, 3.63) is 0 Å². The summed E-state index contributed by atoms with van der Waals surface area (Å²) in [6.45, 7) is 0. The van der Waals surface area contributed by atoms with Crippen LogP contribution in [0.4, 0.5) is 0 Å². The Morgan fingerprint density at radius 3 is 2.22 bits per heavy atom. The Bertz CT molecular complexity index is 124. The van der Waals surface area contributed by atoms with Crippen molar-refractivity contribution in [3.8, 4) is 0 Å². The van der Waals surface area contributed by atoms with Gasteiger partial charge in [0.05, 0.1) is 0 Å². The van der Waals surface area contributed by atoms with Crippen molar-refractivity contribution in [2.75, 3.05) is 5.75 Å². The second-order valence-electron chi connectivity index (χ2n) is 1.67. The zero-order valence-electron chi connectivity index (χ0n) is 4.77. The number of hydrogen-bond acceptors (Lipinski definition) is 3. The van der Waals surface area contributed by atoms with Gasteiger partial charge in [-0.05, 0) is 12.2 Å². The quantitative estimate of drug-likeness (QED) is 0.349. The molecule has 56 valence electrons.